The molecule has 0 spiro atoms. The predicted molar refractivity (Wildman–Crippen MR) is 146 cm³/mol. The Balaban J connectivity index is 1.21. The third-order valence-electron chi connectivity index (χ3n) is 7.02. The molecule has 0 atom stereocenters. The molecule has 1 aliphatic rings. The molecule has 0 aliphatic heterocycles. The van der Waals surface area contributed by atoms with Crippen LogP contribution in [0.5, 0.6) is 0 Å². The number of nitrogens with zero attached hydrogens (tertiary/aromatic N) is 4. The number of aromatic nitrogens is 4. The van der Waals surface area contributed by atoms with E-state index in [1.807, 2.05) is 30.3 Å². The highest BCUT2D eigenvalue weighted by atomic mass is 19.4. The fourth-order valence-electron chi connectivity index (χ4n) is 4.98. The average molecular weight is 526 g/mol. The van der Waals surface area contributed by atoms with Gasteiger partial charge in [0.25, 0.3) is 0 Å². The number of anilines is 1. The van der Waals surface area contributed by atoms with Crippen LogP contribution in [0.25, 0.3) is 33.9 Å². The fraction of sp³-hybridized carbons (Fsp3) is 0.194. The van der Waals surface area contributed by atoms with E-state index in [-0.39, 0.29) is 5.82 Å². The van der Waals surface area contributed by atoms with Gasteiger partial charge in [-0.1, -0.05) is 78.9 Å². The Morgan fingerprint density at radius 2 is 1.44 bits per heavy atom. The van der Waals surface area contributed by atoms with Gasteiger partial charge in [0.2, 0.25) is 0 Å². The quantitative estimate of drug-likeness (QED) is 0.252. The van der Waals surface area contributed by atoms with Crippen LogP contribution in [0.3, 0.4) is 0 Å². The van der Waals surface area contributed by atoms with Gasteiger partial charge < -0.3 is 9.88 Å². The Hall–Kier alpha value is -4.46. The largest absolute Gasteiger partial charge is 0.434 e. The molecule has 196 valence electrons. The molecule has 6 rings (SSSR count). The normalized spacial score (nSPS) is 12.9. The molecule has 0 fully saturated rings. The zero-order chi connectivity index (χ0) is 27.0. The number of alkyl halides is 3. The molecule has 5 nitrogen and oxygen atoms in total. The Bertz CT molecular complexity index is 1610. The van der Waals surface area contributed by atoms with Crippen molar-refractivity contribution >= 4 is 5.82 Å². The number of halogens is 3. The van der Waals surface area contributed by atoms with E-state index in [1.54, 1.807) is 19.2 Å². The molecular weight excluding hydrogens is 499 g/mol. The number of imidazole rings is 1. The molecule has 3 aromatic carbocycles. The third-order valence-corrected chi connectivity index (χ3v) is 7.02. The van der Waals surface area contributed by atoms with Gasteiger partial charge in [-0.05, 0) is 36.0 Å². The van der Waals surface area contributed by atoms with E-state index in [0.717, 1.165) is 64.8 Å². The van der Waals surface area contributed by atoms with Crippen molar-refractivity contribution in [1.82, 2.24) is 19.5 Å². The average Bonchev–Trinajstić information content (AvgIpc) is 3.59. The van der Waals surface area contributed by atoms with Gasteiger partial charge in [-0.25, -0.2) is 15.0 Å². The lowest BCUT2D eigenvalue weighted by Crippen LogP contribution is -2.07. The van der Waals surface area contributed by atoms with Crippen LogP contribution < -0.4 is 5.32 Å². The summed E-state index contributed by atoms with van der Waals surface area (Å²) in [4.78, 5) is 13.5. The zero-order valence-corrected chi connectivity index (χ0v) is 21.3. The minimum absolute atomic E-state index is 0.276. The topological polar surface area (TPSA) is 55.6 Å². The molecule has 2 heterocycles. The SMILES string of the molecule is Cn1cc(C(F)(F)F)nc1-c1ccc(CNc2nc(-c3ccc(-c4ccccc4)cc3)nc3c2CCC3)cc1. The van der Waals surface area contributed by atoms with E-state index < -0.39 is 11.9 Å². The molecule has 1 N–H and O–H groups in total. The number of nitrogens with one attached hydrogen (secondary N) is 1. The highest BCUT2D eigenvalue weighted by molar-refractivity contribution is 5.68. The van der Waals surface area contributed by atoms with Crippen LogP contribution in [0.4, 0.5) is 19.0 Å². The van der Waals surface area contributed by atoms with Gasteiger partial charge in [-0.3, -0.25) is 0 Å². The lowest BCUT2D eigenvalue weighted by atomic mass is 10.0. The molecule has 0 saturated carbocycles. The molecule has 1 aliphatic carbocycles. The molecule has 0 radical (unpaired) electrons. The number of aryl methyl sites for hydroxylation is 2. The van der Waals surface area contributed by atoms with E-state index in [4.69, 9.17) is 9.97 Å². The summed E-state index contributed by atoms with van der Waals surface area (Å²) in [5.74, 6) is 1.81. The number of benzene rings is 3. The van der Waals surface area contributed by atoms with Crippen LogP contribution in [0.1, 0.15) is 28.9 Å². The van der Waals surface area contributed by atoms with Gasteiger partial charge in [0, 0.05) is 42.2 Å². The molecule has 0 unspecified atom stereocenters. The summed E-state index contributed by atoms with van der Waals surface area (Å²) in [6.07, 6.45) is -0.550. The molecule has 0 bridgehead atoms. The predicted octanol–water partition coefficient (Wildman–Crippen LogP) is 7.33. The monoisotopic (exact) mass is 525 g/mol. The lowest BCUT2D eigenvalue weighted by Gasteiger charge is -2.13. The summed E-state index contributed by atoms with van der Waals surface area (Å²) in [6, 6.07) is 25.9. The summed E-state index contributed by atoms with van der Waals surface area (Å²) < 4.78 is 40.5. The summed E-state index contributed by atoms with van der Waals surface area (Å²) in [5.41, 5.74) is 6.23. The highest BCUT2D eigenvalue weighted by Gasteiger charge is 2.34. The Labute approximate surface area is 224 Å². The van der Waals surface area contributed by atoms with Crippen LogP contribution in [-0.4, -0.2) is 19.5 Å². The minimum Gasteiger partial charge on any atom is -0.366 e. The number of fused-ring (bicyclic) bond motifs is 1. The molecule has 0 saturated heterocycles. The van der Waals surface area contributed by atoms with E-state index in [2.05, 4.69) is 46.7 Å². The summed E-state index contributed by atoms with van der Waals surface area (Å²) >= 11 is 0. The van der Waals surface area contributed by atoms with Gasteiger partial charge >= 0.3 is 6.18 Å². The van der Waals surface area contributed by atoms with Crippen molar-refractivity contribution in [2.45, 2.75) is 32.0 Å². The number of rotatable bonds is 6. The maximum atomic E-state index is 13.0. The molecule has 5 aromatic rings. The third kappa shape index (κ3) is 5.14. The van der Waals surface area contributed by atoms with Crippen LogP contribution in [0.15, 0.2) is 85.1 Å². The Morgan fingerprint density at radius 3 is 2.13 bits per heavy atom. The Morgan fingerprint density at radius 1 is 0.769 bits per heavy atom. The van der Waals surface area contributed by atoms with Crippen molar-refractivity contribution < 1.29 is 13.2 Å². The van der Waals surface area contributed by atoms with Crippen LogP contribution in [-0.2, 0) is 32.6 Å². The van der Waals surface area contributed by atoms with Crippen LogP contribution in [0.2, 0.25) is 0 Å². The fourth-order valence-corrected chi connectivity index (χ4v) is 4.98. The van der Waals surface area contributed by atoms with Crippen molar-refractivity contribution in [2.75, 3.05) is 5.32 Å². The van der Waals surface area contributed by atoms with E-state index >= 15 is 0 Å². The first kappa shape index (κ1) is 24.9. The van der Waals surface area contributed by atoms with E-state index in [9.17, 15) is 13.2 Å². The van der Waals surface area contributed by atoms with Gasteiger partial charge in [-0.15, -0.1) is 0 Å². The maximum Gasteiger partial charge on any atom is 0.434 e. The summed E-state index contributed by atoms with van der Waals surface area (Å²) in [6.45, 7) is 0.532. The van der Waals surface area contributed by atoms with Crippen LogP contribution in [0, 0.1) is 0 Å². The summed E-state index contributed by atoms with van der Waals surface area (Å²) in [7, 11) is 1.56. The molecule has 39 heavy (non-hydrogen) atoms. The van der Waals surface area contributed by atoms with Crippen molar-refractivity contribution in [3.63, 3.8) is 0 Å². The molecule has 0 amide bonds. The van der Waals surface area contributed by atoms with Crippen LogP contribution >= 0.6 is 0 Å². The van der Waals surface area contributed by atoms with Crippen molar-refractivity contribution in [3.8, 4) is 33.9 Å². The number of hydrogen-bond donors (Lipinski definition) is 1. The summed E-state index contributed by atoms with van der Waals surface area (Å²) in [5, 5.41) is 3.48. The van der Waals surface area contributed by atoms with Crippen molar-refractivity contribution in [3.05, 3.63) is 108 Å². The highest BCUT2D eigenvalue weighted by Crippen LogP contribution is 2.32. The smallest absolute Gasteiger partial charge is 0.366 e. The van der Waals surface area contributed by atoms with Gasteiger partial charge in [0.1, 0.15) is 11.6 Å². The lowest BCUT2D eigenvalue weighted by molar-refractivity contribution is -0.140. The maximum absolute atomic E-state index is 13.0. The van der Waals surface area contributed by atoms with Crippen molar-refractivity contribution in [2.24, 2.45) is 7.05 Å². The molecule has 2 aromatic heterocycles. The van der Waals surface area contributed by atoms with Crippen molar-refractivity contribution in [1.29, 1.82) is 0 Å². The zero-order valence-electron chi connectivity index (χ0n) is 21.3. The second kappa shape index (κ2) is 10.0. The molecule has 8 heteroatoms. The second-order valence-corrected chi connectivity index (χ2v) is 9.73. The van der Waals surface area contributed by atoms with Gasteiger partial charge in [0.15, 0.2) is 11.5 Å². The van der Waals surface area contributed by atoms with Gasteiger partial charge in [-0.2, -0.15) is 13.2 Å². The first-order chi connectivity index (χ1) is 18.8. The first-order valence-corrected chi connectivity index (χ1v) is 12.8. The van der Waals surface area contributed by atoms with E-state index in [0.29, 0.717) is 17.9 Å². The second-order valence-electron chi connectivity index (χ2n) is 9.73. The van der Waals surface area contributed by atoms with E-state index in [1.165, 1.54) is 4.57 Å². The number of hydrogen-bond acceptors (Lipinski definition) is 4. The standard InChI is InChI=1S/C31H26F3N5/c1-39-19-27(31(32,33)34)37-30(39)24-12-10-20(11-13-24)18-35-29-25-8-5-9-26(25)36-28(38-29)23-16-14-22(15-17-23)21-6-3-2-4-7-21/h2-4,6-7,10-17,19H,5,8-9,18H2,1H3,(H,35,36,38). The minimum atomic E-state index is -4.47. The molecular formula is C31H26F3N5. The van der Waals surface area contributed by atoms with Gasteiger partial charge in [0.05, 0.1) is 0 Å². The first-order valence-electron chi connectivity index (χ1n) is 12.8. The Kier molecular flexibility index (Phi) is 6.38.